The lowest BCUT2D eigenvalue weighted by molar-refractivity contribution is -0.385. The van der Waals surface area contributed by atoms with E-state index in [9.17, 15) is 10.1 Å². The number of para-hydroxylation sites is 1. The predicted molar refractivity (Wildman–Crippen MR) is 115 cm³/mol. The highest BCUT2D eigenvalue weighted by Crippen LogP contribution is 2.47. The molecular weight excluding hydrogens is 378 g/mol. The van der Waals surface area contributed by atoms with Crippen LogP contribution in [0.1, 0.15) is 46.5 Å². The number of hydrogen-bond donors (Lipinski definition) is 0. The molecule has 2 unspecified atom stereocenters. The van der Waals surface area contributed by atoms with Gasteiger partial charge in [0.05, 0.1) is 16.7 Å². The molecule has 0 saturated carbocycles. The summed E-state index contributed by atoms with van der Waals surface area (Å²) in [5, 5.41) is 18.2. The molecule has 6 heteroatoms. The van der Waals surface area contributed by atoms with Gasteiger partial charge in [-0.25, -0.2) is 5.01 Å². The first-order valence-corrected chi connectivity index (χ1v) is 9.94. The minimum Gasteiger partial charge on any atom is -0.464 e. The summed E-state index contributed by atoms with van der Waals surface area (Å²) in [6.07, 6.45) is 0.239. The van der Waals surface area contributed by atoms with Crippen molar-refractivity contribution in [1.29, 1.82) is 0 Å². The third kappa shape index (κ3) is 3.01. The average molecular weight is 399 g/mol. The van der Waals surface area contributed by atoms with Crippen molar-refractivity contribution in [3.05, 3.63) is 105 Å². The topological polar surface area (TPSA) is 68.0 Å². The number of hydrazone groups is 1. The summed E-state index contributed by atoms with van der Waals surface area (Å²) in [5.74, 6) is 0.799. The molecule has 0 aromatic heterocycles. The number of aryl methyl sites for hydroxylation is 2. The molecule has 5 rings (SSSR count). The fraction of sp³-hybridized carbons (Fsp3) is 0.208. The summed E-state index contributed by atoms with van der Waals surface area (Å²) in [5.41, 5.74) is 6.37. The third-order valence-corrected chi connectivity index (χ3v) is 5.77. The maximum absolute atomic E-state index is 11.3. The van der Waals surface area contributed by atoms with Crippen LogP contribution >= 0.6 is 0 Å². The highest BCUT2D eigenvalue weighted by molar-refractivity contribution is 6.03. The van der Waals surface area contributed by atoms with Gasteiger partial charge in [0.15, 0.2) is 0 Å². The highest BCUT2D eigenvalue weighted by atomic mass is 16.6. The van der Waals surface area contributed by atoms with Gasteiger partial charge in [0.25, 0.3) is 5.69 Å². The number of non-ortho nitro benzene ring substituents is 1. The van der Waals surface area contributed by atoms with E-state index in [4.69, 9.17) is 9.84 Å². The zero-order valence-corrected chi connectivity index (χ0v) is 16.8. The van der Waals surface area contributed by atoms with E-state index in [1.54, 1.807) is 12.1 Å². The molecule has 0 radical (unpaired) electrons. The number of hydrogen-bond acceptors (Lipinski definition) is 5. The van der Waals surface area contributed by atoms with E-state index in [-0.39, 0.29) is 16.7 Å². The second kappa shape index (κ2) is 6.99. The number of ether oxygens (including phenoxy) is 1. The maximum atomic E-state index is 11.3. The molecule has 3 aromatic rings. The Morgan fingerprint density at radius 3 is 2.73 bits per heavy atom. The summed E-state index contributed by atoms with van der Waals surface area (Å²) in [6.45, 7) is 4.17. The zero-order chi connectivity index (χ0) is 20.8. The van der Waals surface area contributed by atoms with Crippen molar-refractivity contribution in [3.63, 3.8) is 0 Å². The van der Waals surface area contributed by atoms with Crippen LogP contribution in [0.2, 0.25) is 0 Å². The Hall–Kier alpha value is -3.67. The van der Waals surface area contributed by atoms with Gasteiger partial charge in [0.1, 0.15) is 5.75 Å². The van der Waals surface area contributed by atoms with Gasteiger partial charge in [-0.3, -0.25) is 10.1 Å². The molecule has 2 aliphatic rings. The van der Waals surface area contributed by atoms with Crippen LogP contribution in [-0.2, 0) is 0 Å². The molecule has 0 aliphatic carbocycles. The van der Waals surface area contributed by atoms with Crippen molar-refractivity contribution in [2.45, 2.75) is 32.5 Å². The van der Waals surface area contributed by atoms with E-state index in [1.165, 1.54) is 17.2 Å². The van der Waals surface area contributed by atoms with Crippen LogP contribution in [0.3, 0.4) is 0 Å². The summed E-state index contributed by atoms with van der Waals surface area (Å²) < 4.78 is 6.30. The molecule has 2 heterocycles. The summed E-state index contributed by atoms with van der Waals surface area (Å²) >= 11 is 0. The molecule has 0 N–H and O–H groups in total. The van der Waals surface area contributed by atoms with Crippen molar-refractivity contribution >= 4 is 11.4 Å². The number of nitro groups is 1. The Bertz CT molecular complexity index is 1190. The molecule has 30 heavy (non-hydrogen) atoms. The second-order valence-corrected chi connectivity index (χ2v) is 7.83. The fourth-order valence-corrected chi connectivity index (χ4v) is 4.26. The summed E-state index contributed by atoms with van der Waals surface area (Å²) in [4.78, 5) is 10.9. The van der Waals surface area contributed by atoms with E-state index < -0.39 is 6.23 Å². The quantitative estimate of drug-likeness (QED) is 0.434. The Morgan fingerprint density at radius 1 is 1.07 bits per heavy atom. The highest BCUT2D eigenvalue weighted by Gasteiger charge is 2.41. The molecule has 0 bridgehead atoms. The van der Waals surface area contributed by atoms with E-state index in [0.29, 0.717) is 0 Å². The lowest BCUT2D eigenvalue weighted by atomic mass is 9.93. The number of nitrogens with zero attached hydrogens (tertiary/aromatic N) is 3. The monoisotopic (exact) mass is 399 g/mol. The van der Waals surface area contributed by atoms with Crippen LogP contribution in [0.5, 0.6) is 5.75 Å². The predicted octanol–water partition coefficient (Wildman–Crippen LogP) is 5.45. The molecule has 150 valence electrons. The second-order valence-electron chi connectivity index (χ2n) is 7.83. The fourth-order valence-electron chi connectivity index (χ4n) is 4.26. The van der Waals surface area contributed by atoms with Crippen molar-refractivity contribution in [2.75, 3.05) is 0 Å². The van der Waals surface area contributed by atoms with Gasteiger partial charge in [0, 0.05) is 35.2 Å². The Balaban J connectivity index is 1.62. The molecule has 2 atom stereocenters. The van der Waals surface area contributed by atoms with Gasteiger partial charge >= 0.3 is 0 Å². The molecular formula is C24H21N3O3. The molecule has 2 aliphatic heterocycles. The molecule has 6 nitrogen and oxygen atoms in total. The molecule has 0 saturated heterocycles. The largest absolute Gasteiger partial charge is 0.464 e. The van der Waals surface area contributed by atoms with Gasteiger partial charge in [-0.2, -0.15) is 5.10 Å². The normalized spacial score (nSPS) is 19.5. The average Bonchev–Trinajstić information content (AvgIpc) is 3.20. The summed E-state index contributed by atoms with van der Waals surface area (Å²) in [7, 11) is 0. The summed E-state index contributed by atoms with van der Waals surface area (Å²) in [6, 6.07) is 21.0. The molecule has 0 spiro atoms. The Morgan fingerprint density at radius 2 is 1.90 bits per heavy atom. The smallest absolute Gasteiger partial charge is 0.269 e. The van der Waals surface area contributed by atoms with Crippen molar-refractivity contribution in [1.82, 2.24) is 5.01 Å². The van der Waals surface area contributed by atoms with Gasteiger partial charge in [-0.05, 0) is 31.5 Å². The number of rotatable bonds is 3. The molecule has 0 amide bonds. The zero-order valence-electron chi connectivity index (χ0n) is 16.8. The van der Waals surface area contributed by atoms with Crippen LogP contribution in [-0.4, -0.2) is 15.6 Å². The lowest BCUT2D eigenvalue weighted by Gasteiger charge is -2.38. The minimum absolute atomic E-state index is 0.0223. The Kier molecular flexibility index (Phi) is 4.28. The first kappa shape index (κ1) is 18.4. The standard InChI is InChI=1S/C24H21N3O3/c1-15-10-11-16(2)20(12-15)21-14-22-19-8-3-4-9-23(19)30-24(26(22)25-21)17-6-5-7-18(13-17)27(28)29/h3-13,22,24H,14H2,1-2H3. The number of nitro benzene ring substituents is 1. The van der Waals surface area contributed by atoms with Crippen LogP contribution < -0.4 is 4.74 Å². The number of benzene rings is 3. The maximum Gasteiger partial charge on any atom is 0.269 e. The van der Waals surface area contributed by atoms with Crippen molar-refractivity contribution in [3.8, 4) is 5.75 Å². The third-order valence-electron chi connectivity index (χ3n) is 5.77. The molecule has 3 aromatic carbocycles. The van der Waals surface area contributed by atoms with Gasteiger partial charge in [-0.15, -0.1) is 0 Å². The van der Waals surface area contributed by atoms with E-state index in [0.717, 1.165) is 34.6 Å². The van der Waals surface area contributed by atoms with E-state index in [1.807, 2.05) is 29.3 Å². The number of fused-ring (bicyclic) bond motifs is 3. The SMILES string of the molecule is Cc1ccc(C)c(C2=NN3C(C2)c2ccccc2OC3c2cccc([N+](=O)[O-])c2)c1. The first-order valence-electron chi connectivity index (χ1n) is 9.94. The Labute approximate surface area is 174 Å². The van der Waals surface area contributed by atoms with Gasteiger partial charge in [0.2, 0.25) is 6.23 Å². The van der Waals surface area contributed by atoms with Gasteiger partial charge in [-0.1, -0.05) is 48.0 Å². The van der Waals surface area contributed by atoms with Crippen LogP contribution in [0, 0.1) is 24.0 Å². The van der Waals surface area contributed by atoms with Crippen molar-refractivity contribution < 1.29 is 9.66 Å². The molecule has 0 fully saturated rings. The lowest BCUT2D eigenvalue weighted by Crippen LogP contribution is -2.33. The first-order chi connectivity index (χ1) is 14.5. The van der Waals surface area contributed by atoms with Gasteiger partial charge < -0.3 is 4.74 Å². The van der Waals surface area contributed by atoms with Crippen LogP contribution in [0.15, 0.2) is 71.8 Å². The van der Waals surface area contributed by atoms with Crippen molar-refractivity contribution in [2.24, 2.45) is 5.10 Å². The van der Waals surface area contributed by atoms with E-state index in [2.05, 4.69) is 38.1 Å². The van der Waals surface area contributed by atoms with Crippen LogP contribution in [0.4, 0.5) is 5.69 Å². The minimum atomic E-state index is -0.521. The van der Waals surface area contributed by atoms with Crippen LogP contribution in [0.25, 0.3) is 0 Å². The van der Waals surface area contributed by atoms with E-state index >= 15 is 0 Å².